The molecule has 1 heterocycles. The zero-order valence-electron chi connectivity index (χ0n) is 25.9. The fraction of sp³-hybridized carbons (Fsp3) is 0.179. The highest BCUT2D eigenvalue weighted by atomic mass is 32.2. The number of hydrazine groups is 1. The van der Waals surface area contributed by atoms with Crippen molar-refractivity contribution >= 4 is 23.6 Å². The summed E-state index contributed by atoms with van der Waals surface area (Å²) in [5.41, 5.74) is 8.52. The lowest BCUT2D eigenvalue weighted by molar-refractivity contribution is -0.130. The van der Waals surface area contributed by atoms with Gasteiger partial charge in [-0.15, -0.1) is 0 Å². The van der Waals surface area contributed by atoms with Crippen LogP contribution in [0.4, 0.5) is 0 Å². The summed E-state index contributed by atoms with van der Waals surface area (Å²) >= 11 is 1.69. The van der Waals surface area contributed by atoms with E-state index >= 15 is 0 Å². The molecule has 0 bridgehead atoms. The van der Waals surface area contributed by atoms with Crippen molar-refractivity contribution in [1.82, 2.24) is 10.9 Å². The molecule has 6 rings (SSSR count). The van der Waals surface area contributed by atoms with Crippen molar-refractivity contribution in [2.75, 3.05) is 13.2 Å². The van der Waals surface area contributed by atoms with Gasteiger partial charge in [-0.25, -0.2) is 10.4 Å². The molecule has 3 N–H and O–H groups in total. The van der Waals surface area contributed by atoms with Crippen LogP contribution in [0.2, 0.25) is 0 Å². The van der Waals surface area contributed by atoms with E-state index < -0.39 is 11.6 Å². The van der Waals surface area contributed by atoms with Gasteiger partial charge < -0.3 is 14.6 Å². The van der Waals surface area contributed by atoms with Crippen molar-refractivity contribution in [2.24, 2.45) is 4.99 Å². The summed E-state index contributed by atoms with van der Waals surface area (Å²) in [5, 5.41) is 9.08. The summed E-state index contributed by atoms with van der Waals surface area (Å²) < 4.78 is 12.3. The second kappa shape index (κ2) is 15.6. The molecule has 0 radical (unpaired) electrons. The fourth-order valence-electron chi connectivity index (χ4n) is 5.51. The highest BCUT2D eigenvalue weighted by Gasteiger charge is 2.53. The molecule has 1 aliphatic heterocycles. The minimum absolute atomic E-state index is 0.0726. The number of hydrogen-bond donors (Lipinski definition) is 3. The van der Waals surface area contributed by atoms with Crippen molar-refractivity contribution in [2.45, 2.75) is 40.8 Å². The monoisotopic (exact) mass is 643 g/mol. The van der Waals surface area contributed by atoms with Crippen molar-refractivity contribution < 1.29 is 19.4 Å². The smallest absolute Gasteiger partial charge is 0.266 e. The van der Waals surface area contributed by atoms with E-state index in [4.69, 9.17) is 19.6 Å². The highest BCUT2D eigenvalue weighted by Crippen LogP contribution is 2.42. The summed E-state index contributed by atoms with van der Waals surface area (Å²) in [4.78, 5) is 21.9. The number of nitrogens with zero attached hydrogens (tertiary/aromatic N) is 1. The Balaban J connectivity index is 1.29. The largest absolute Gasteiger partial charge is 0.494 e. The number of hydrogen-bond acceptors (Lipinski definition) is 7. The summed E-state index contributed by atoms with van der Waals surface area (Å²) in [7, 11) is 0. The minimum Gasteiger partial charge on any atom is -0.494 e. The van der Waals surface area contributed by atoms with Crippen LogP contribution in [0.1, 0.15) is 34.8 Å². The van der Waals surface area contributed by atoms with Crippen LogP contribution < -0.4 is 15.6 Å². The number of aliphatic hydroxyl groups is 1. The van der Waals surface area contributed by atoms with Gasteiger partial charge in [0.1, 0.15) is 5.75 Å². The zero-order chi connectivity index (χ0) is 32.3. The molecular formula is C39H37N3O4S. The topological polar surface area (TPSA) is 92.2 Å². The van der Waals surface area contributed by atoms with E-state index in [1.807, 2.05) is 115 Å². The highest BCUT2D eigenvalue weighted by molar-refractivity contribution is 7.99. The molecule has 0 saturated heterocycles. The maximum atomic E-state index is 14.5. The Kier molecular flexibility index (Phi) is 10.6. The molecule has 1 amide bonds. The number of aliphatic imine (C=N–C) groups is 1. The normalized spacial score (nSPS) is 17.0. The van der Waals surface area contributed by atoms with Crippen LogP contribution in [0.25, 0.3) is 0 Å². The standard InChI is InChI=1S/C39H37N3O4S/c43-25-12-26-45-33-23-21-31(22-24-33)37-41-39(27-29-13-4-1-5-14-29,36(46-37)30-15-6-2-7-16-30)38(44)42-40-28-32-17-10-11-20-35(32)47-34-18-8-3-9-19-34/h1-11,13-24,36,40,43H,12,25-28H2,(H,42,44)/t36-,39-/m0/s1. The van der Waals surface area contributed by atoms with Crippen LogP contribution in [0, 0.1) is 0 Å². The molecule has 0 fully saturated rings. The molecule has 0 unspecified atom stereocenters. The van der Waals surface area contributed by atoms with E-state index in [1.54, 1.807) is 11.8 Å². The van der Waals surface area contributed by atoms with Gasteiger partial charge in [-0.2, -0.15) is 0 Å². The van der Waals surface area contributed by atoms with Crippen molar-refractivity contribution in [3.8, 4) is 5.75 Å². The van der Waals surface area contributed by atoms with Crippen LogP contribution in [0.3, 0.4) is 0 Å². The number of carbonyl (C=O) groups is 1. The Hall–Kier alpha value is -4.89. The van der Waals surface area contributed by atoms with E-state index in [1.165, 1.54) is 0 Å². The van der Waals surface area contributed by atoms with E-state index in [0.29, 0.717) is 37.6 Å². The Bertz CT molecular complexity index is 1770. The Morgan fingerprint density at radius 3 is 2.21 bits per heavy atom. The first-order chi connectivity index (χ1) is 23.1. The molecule has 1 aliphatic rings. The van der Waals surface area contributed by atoms with Gasteiger partial charge in [0, 0.05) is 41.3 Å². The molecule has 0 saturated carbocycles. The fourth-order valence-corrected chi connectivity index (χ4v) is 6.48. The van der Waals surface area contributed by atoms with Crippen molar-refractivity contribution in [3.05, 3.63) is 162 Å². The summed E-state index contributed by atoms with van der Waals surface area (Å²) in [5.74, 6) is 0.780. The summed E-state index contributed by atoms with van der Waals surface area (Å²) in [6.45, 7) is 0.920. The number of aliphatic hydroxyl groups excluding tert-OH is 1. The van der Waals surface area contributed by atoms with Gasteiger partial charge in [-0.1, -0.05) is 109 Å². The van der Waals surface area contributed by atoms with Gasteiger partial charge in [0.15, 0.2) is 11.6 Å². The van der Waals surface area contributed by atoms with Crippen molar-refractivity contribution in [3.63, 3.8) is 0 Å². The van der Waals surface area contributed by atoms with Crippen molar-refractivity contribution in [1.29, 1.82) is 0 Å². The quantitative estimate of drug-likeness (QED) is 0.0899. The molecule has 5 aromatic rings. The van der Waals surface area contributed by atoms with Crippen LogP contribution >= 0.6 is 11.8 Å². The molecule has 0 aromatic heterocycles. The SMILES string of the molecule is O=C(NNCc1ccccc1Sc1ccccc1)[C@@]1(Cc2ccccc2)N=C(c2ccc(OCCCO)cc2)O[C@H]1c1ccccc1. The van der Waals surface area contributed by atoms with Gasteiger partial charge in [0.25, 0.3) is 5.91 Å². The third kappa shape index (κ3) is 7.92. The molecular weight excluding hydrogens is 607 g/mol. The van der Waals surface area contributed by atoms with Gasteiger partial charge in [0.05, 0.1) is 6.61 Å². The van der Waals surface area contributed by atoms with Crippen LogP contribution in [0.15, 0.2) is 154 Å². The summed E-state index contributed by atoms with van der Waals surface area (Å²) in [6.07, 6.45) is 0.202. The van der Waals surface area contributed by atoms with Gasteiger partial charge in [-0.05, 0) is 59.2 Å². The maximum absolute atomic E-state index is 14.5. The number of amides is 1. The number of nitrogens with one attached hydrogen (secondary N) is 2. The number of benzene rings is 5. The number of carbonyl (C=O) groups excluding carboxylic acids is 1. The van der Waals surface area contributed by atoms with E-state index in [2.05, 4.69) is 35.1 Å². The van der Waals surface area contributed by atoms with Gasteiger partial charge in [-0.3, -0.25) is 10.2 Å². The molecule has 7 nitrogen and oxygen atoms in total. The van der Waals surface area contributed by atoms with Gasteiger partial charge in [0.2, 0.25) is 5.90 Å². The number of ether oxygens (including phenoxy) is 2. The lowest BCUT2D eigenvalue weighted by Crippen LogP contribution is -2.53. The Labute approximate surface area is 279 Å². The van der Waals surface area contributed by atoms with Gasteiger partial charge >= 0.3 is 0 Å². The predicted octanol–water partition coefficient (Wildman–Crippen LogP) is 6.92. The van der Waals surface area contributed by atoms with E-state index in [9.17, 15) is 4.79 Å². The average Bonchev–Trinajstić information content (AvgIpc) is 3.51. The molecule has 8 heteroatoms. The second-order valence-corrected chi connectivity index (χ2v) is 12.3. The average molecular weight is 644 g/mol. The third-order valence-corrected chi connectivity index (χ3v) is 9.00. The first-order valence-corrected chi connectivity index (χ1v) is 16.5. The molecule has 2 atom stereocenters. The third-order valence-electron chi connectivity index (χ3n) is 7.87. The van der Waals surface area contributed by atoms with E-state index in [0.717, 1.165) is 32.0 Å². The predicted molar refractivity (Wildman–Crippen MR) is 185 cm³/mol. The lowest BCUT2D eigenvalue weighted by atomic mass is 9.82. The Morgan fingerprint density at radius 2 is 1.49 bits per heavy atom. The minimum atomic E-state index is -1.31. The Morgan fingerprint density at radius 1 is 0.830 bits per heavy atom. The molecule has 47 heavy (non-hydrogen) atoms. The first-order valence-electron chi connectivity index (χ1n) is 15.7. The maximum Gasteiger partial charge on any atom is 0.266 e. The van der Waals surface area contributed by atoms with Crippen LogP contribution in [0.5, 0.6) is 5.75 Å². The molecule has 0 spiro atoms. The molecule has 0 aliphatic carbocycles. The molecule has 5 aromatic carbocycles. The zero-order valence-corrected chi connectivity index (χ0v) is 26.7. The molecule has 238 valence electrons. The second-order valence-electron chi connectivity index (χ2n) is 11.2. The lowest BCUT2D eigenvalue weighted by Gasteiger charge is -2.31. The van der Waals surface area contributed by atoms with E-state index in [-0.39, 0.29) is 12.5 Å². The summed E-state index contributed by atoms with van der Waals surface area (Å²) in [6, 6.07) is 45.5. The number of rotatable bonds is 14. The van der Waals surface area contributed by atoms with Crippen LogP contribution in [-0.4, -0.2) is 35.7 Å². The van der Waals surface area contributed by atoms with Crippen LogP contribution in [-0.2, 0) is 22.5 Å². The first kappa shape index (κ1) is 32.1.